The van der Waals surface area contributed by atoms with Crippen molar-refractivity contribution in [2.45, 2.75) is 11.7 Å². The second-order valence-corrected chi connectivity index (χ2v) is 9.23. The number of hydrogen-bond acceptors (Lipinski definition) is 6. The van der Waals surface area contributed by atoms with E-state index in [0.717, 1.165) is 18.0 Å². The lowest BCUT2D eigenvalue weighted by Crippen LogP contribution is -2.30. The monoisotopic (exact) mass is 449 g/mol. The van der Waals surface area contributed by atoms with Crippen LogP contribution in [0.2, 0.25) is 0 Å². The van der Waals surface area contributed by atoms with Crippen LogP contribution in [0.25, 0.3) is 0 Å². The van der Waals surface area contributed by atoms with Crippen molar-refractivity contribution < 1.29 is 17.6 Å². The van der Waals surface area contributed by atoms with Gasteiger partial charge in [0, 0.05) is 7.05 Å². The highest BCUT2D eigenvalue weighted by molar-refractivity contribution is 7.99. The van der Waals surface area contributed by atoms with Gasteiger partial charge in [0.25, 0.3) is 0 Å². The smallest absolute Gasteiger partial charge is 0.234 e. The summed E-state index contributed by atoms with van der Waals surface area (Å²) in [6.45, 7) is -0.00563. The summed E-state index contributed by atoms with van der Waals surface area (Å²) in [5.74, 6) is -0.494. The van der Waals surface area contributed by atoms with Gasteiger partial charge in [0.05, 0.1) is 29.9 Å². The second kappa shape index (κ2) is 9.26. The van der Waals surface area contributed by atoms with E-state index in [1.165, 1.54) is 22.5 Å². The van der Waals surface area contributed by atoms with Gasteiger partial charge in [-0.05, 0) is 24.3 Å². The van der Waals surface area contributed by atoms with Crippen LogP contribution in [0, 0.1) is 5.82 Å². The van der Waals surface area contributed by atoms with Crippen LogP contribution in [0.4, 0.5) is 15.8 Å². The molecule has 0 aliphatic carbocycles. The van der Waals surface area contributed by atoms with Gasteiger partial charge in [-0.25, -0.2) is 12.8 Å². The van der Waals surface area contributed by atoms with Crippen molar-refractivity contribution in [1.29, 1.82) is 0 Å². The highest BCUT2D eigenvalue weighted by atomic mass is 32.2. The molecule has 8 nitrogen and oxygen atoms in total. The molecule has 3 rings (SSSR count). The Labute approximate surface area is 178 Å². The Hall–Kier alpha value is -2.92. The minimum Gasteiger partial charge on any atom is -0.323 e. The molecule has 0 bridgehead atoms. The second-order valence-electron chi connectivity index (χ2n) is 6.38. The molecule has 0 saturated heterocycles. The van der Waals surface area contributed by atoms with Gasteiger partial charge >= 0.3 is 0 Å². The molecular formula is C19H20FN5O3S2. The third-order valence-electron chi connectivity index (χ3n) is 4.13. The predicted octanol–water partition coefficient (Wildman–Crippen LogP) is 2.65. The highest BCUT2D eigenvalue weighted by Crippen LogP contribution is 2.22. The number of para-hydroxylation sites is 2. The predicted molar refractivity (Wildman–Crippen MR) is 114 cm³/mol. The Morgan fingerprint density at radius 3 is 2.47 bits per heavy atom. The summed E-state index contributed by atoms with van der Waals surface area (Å²) in [5, 5.41) is 11.0. The number of halogens is 1. The molecule has 3 aromatic rings. The number of nitrogens with one attached hydrogen (secondary N) is 1. The zero-order chi connectivity index (χ0) is 21.7. The number of carbonyl (C=O) groups excluding carboxylic acids is 1. The van der Waals surface area contributed by atoms with Crippen molar-refractivity contribution in [3.8, 4) is 0 Å². The summed E-state index contributed by atoms with van der Waals surface area (Å²) in [4.78, 5) is 12.1. The van der Waals surface area contributed by atoms with E-state index in [-0.39, 0.29) is 18.0 Å². The Morgan fingerprint density at radius 2 is 1.80 bits per heavy atom. The molecule has 0 spiro atoms. The van der Waals surface area contributed by atoms with E-state index in [1.807, 2.05) is 0 Å². The summed E-state index contributed by atoms with van der Waals surface area (Å²) in [5.41, 5.74) is 0.620. The fourth-order valence-corrected chi connectivity index (χ4v) is 4.19. The van der Waals surface area contributed by atoms with Crippen molar-refractivity contribution in [3.05, 3.63) is 66.2 Å². The molecule has 2 aromatic carbocycles. The maximum atomic E-state index is 13.6. The summed E-state index contributed by atoms with van der Waals surface area (Å²) in [6, 6.07) is 14.6. The van der Waals surface area contributed by atoms with Crippen molar-refractivity contribution in [3.63, 3.8) is 0 Å². The molecule has 1 N–H and O–H groups in total. The molecule has 1 amide bonds. The topological polar surface area (TPSA) is 97.2 Å². The SMILES string of the molecule is Cn1c(CN(c2ccccc2)S(C)(=O)=O)nnc1SCC(=O)Nc1ccccc1F. The van der Waals surface area contributed by atoms with E-state index in [4.69, 9.17) is 0 Å². The Morgan fingerprint density at radius 1 is 1.13 bits per heavy atom. The first-order chi connectivity index (χ1) is 14.3. The zero-order valence-electron chi connectivity index (χ0n) is 16.3. The molecule has 1 aromatic heterocycles. The maximum Gasteiger partial charge on any atom is 0.234 e. The number of hydrogen-bond donors (Lipinski definition) is 1. The number of aromatic nitrogens is 3. The van der Waals surface area contributed by atoms with Gasteiger partial charge in [-0.2, -0.15) is 0 Å². The quantitative estimate of drug-likeness (QED) is 0.531. The molecule has 0 aliphatic heterocycles. The van der Waals surface area contributed by atoms with E-state index >= 15 is 0 Å². The number of rotatable bonds is 8. The number of nitrogens with zero attached hydrogens (tertiary/aromatic N) is 4. The maximum absolute atomic E-state index is 13.6. The van der Waals surface area contributed by atoms with E-state index in [9.17, 15) is 17.6 Å². The minimum atomic E-state index is -3.54. The van der Waals surface area contributed by atoms with Crippen molar-refractivity contribution >= 4 is 39.1 Å². The fraction of sp³-hybridized carbons (Fsp3) is 0.211. The van der Waals surface area contributed by atoms with E-state index < -0.39 is 21.7 Å². The molecule has 0 unspecified atom stereocenters. The number of thioether (sulfide) groups is 1. The van der Waals surface area contributed by atoms with Gasteiger partial charge in [0.1, 0.15) is 5.82 Å². The van der Waals surface area contributed by atoms with Crippen LogP contribution in [-0.4, -0.2) is 41.1 Å². The zero-order valence-corrected chi connectivity index (χ0v) is 18.0. The summed E-state index contributed by atoms with van der Waals surface area (Å²) >= 11 is 1.12. The van der Waals surface area contributed by atoms with Crippen LogP contribution in [0.5, 0.6) is 0 Å². The average molecular weight is 450 g/mol. The normalized spacial score (nSPS) is 11.3. The Balaban J connectivity index is 1.68. The first-order valence-electron chi connectivity index (χ1n) is 8.84. The largest absolute Gasteiger partial charge is 0.323 e. The minimum absolute atomic E-state index is 0.00518. The van der Waals surface area contributed by atoms with E-state index in [2.05, 4.69) is 15.5 Å². The molecular weight excluding hydrogens is 429 g/mol. The number of benzene rings is 2. The average Bonchev–Trinajstić information content (AvgIpc) is 3.05. The van der Waals surface area contributed by atoms with Crippen LogP contribution < -0.4 is 9.62 Å². The molecule has 0 atom stereocenters. The van der Waals surface area contributed by atoms with Gasteiger partial charge in [-0.15, -0.1) is 10.2 Å². The number of anilines is 2. The van der Waals surface area contributed by atoms with E-state index in [0.29, 0.717) is 16.7 Å². The molecule has 1 heterocycles. The Kier molecular flexibility index (Phi) is 6.73. The summed E-state index contributed by atoms with van der Waals surface area (Å²) in [6.07, 6.45) is 1.12. The van der Waals surface area contributed by atoms with Crippen LogP contribution in [0.15, 0.2) is 59.8 Å². The lowest BCUT2D eigenvalue weighted by atomic mass is 10.3. The highest BCUT2D eigenvalue weighted by Gasteiger charge is 2.21. The molecule has 0 aliphatic rings. The third kappa shape index (κ3) is 5.36. The van der Waals surface area contributed by atoms with Crippen LogP contribution in [0.1, 0.15) is 5.82 Å². The molecule has 30 heavy (non-hydrogen) atoms. The van der Waals surface area contributed by atoms with Crippen molar-refractivity contribution in [1.82, 2.24) is 14.8 Å². The first-order valence-corrected chi connectivity index (χ1v) is 11.7. The standard InChI is InChI=1S/C19H20FN5O3S2/c1-24-17(12-25(30(2,27)28)14-8-4-3-5-9-14)22-23-19(24)29-13-18(26)21-16-11-7-6-10-15(16)20/h3-11H,12-13H2,1-2H3,(H,21,26). The summed E-state index contributed by atoms with van der Waals surface area (Å²) in [7, 11) is -1.85. The molecule has 0 radical (unpaired) electrons. The number of sulfonamides is 1. The van der Waals surface area contributed by atoms with Gasteiger partial charge < -0.3 is 9.88 Å². The lowest BCUT2D eigenvalue weighted by Gasteiger charge is -2.21. The van der Waals surface area contributed by atoms with Crippen LogP contribution >= 0.6 is 11.8 Å². The molecule has 11 heteroatoms. The van der Waals surface area contributed by atoms with Crippen LogP contribution in [0.3, 0.4) is 0 Å². The fourth-order valence-electron chi connectivity index (χ4n) is 2.61. The molecule has 158 valence electrons. The summed E-state index contributed by atoms with van der Waals surface area (Å²) < 4.78 is 41.0. The van der Waals surface area contributed by atoms with Crippen molar-refractivity contribution in [2.75, 3.05) is 21.6 Å². The third-order valence-corrected chi connectivity index (χ3v) is 6.30. The lowest BCUT2D eigenvalue weighted by molar-refractivity contribution is -0.113. The first kappa shape index (κ1) is 21.8. The van der Waals surface area contributed by atoms with Crippen molar-refractivity contribution in [2.24, 2.45) is 7.05 Å². The van der Waals surface area contributed by atoms with Gasteiger partial charge in [-0.3, -0.25) is 9.10 Å². The van der Waals surface area contributed by atoms with E-state index in [1.54, 1.807) is 48.0 Å². The molecule has 0 fully saturated rings. The van der Waals surface area contributed by atoms with Crippen LogP contribution in [-0.2, 0) is 28.4 Å². The Bertz CT molecular complexity index is 1140. The molecule has 0 saturated carbocycles. The van der Waals surface area contributed by atoms with Gasteiger partial charge in [0.15, 0.2) is 11.0 Å². The number of carbonyl (C=O) groups is 1. The van der Waals surface area contributed by atoms with Gasteiger partial charge in [0.2, 0.25) is 15.9 Å². The number of amides is 1. The van der Waals surface area contributed by atoms with Gasteiger partial charge in [-0.1, -0.05) is 42.1 Å².